The van der Waals surface area contributed by atoms with Gasteiger partial charge in [0, 0.05) is 6.61 Å². The second kappa shape index (κ2) is 5.35. The van der Waals surface area contributed by atoms with Gasteiger partial charge >= 0.3 is 6.18 Å². The topological polar surface area (TPSA) is 26.3 Å². The van der Waals surface area contributed by atoms with E-state index in [1.165, 1.54) is 22.6 Å². The van der Waals surface area contributed by atoms with Gasteiger partial charge < -0.3 is 4.74 Å². The summed E-state index contributed by atoms with van der Waals surface area (Å²) in [5.74, 6) is -1.87. The molecule has 0 saturated carbocycles. The summed E-state index contributed by atoms with van der Waals surface area (Å²) in [4.78, 5) is 10.6. The zero-order chi connectivity index (χ0) is 10.6. The molecule has 0 heterocycles. The number of ether oxygens (including phenoxy) is 1. The number of ketones is 1. The van der Waals surface area contributed by atoms with Gasteiger partial charge in [0.25, 0.3) is 5.78 Å². The number of carbonyl (C=O) groups is 1. The van der Waals surface area contributed by atoms with Gasteiger partial charge in [-0.05, 0) is 6.92 Å². The van der Waals surface area contributed by atoms with Crippen molar-refractivity contribution in [2.45, 2.75) is 22.6 Å². The molecule has 2 nitrogen and oxygen atoms in total. The van der Waals surface area contributed by atoms with Crippen molar-refractivity contribution in [3.8, 4) is 0 Å². The van der Waals surface area contributed by atoms with Crippen molar-refractivity contribution in [3.05, 3.63) is 0 Å². The van der Waals surface area contributed by atoms with Crippen LogP contribution in [0.2, 0.25) is 0 Å². The number of halogens is 5. The molecule has 0 saturated heterocycles. The monoisotopic (exact) mass is 330 g/mol. The molecule has 0 amide bonds. The summed E-state index contributed by atoms with van der Waals surface area (Å²) in [6.45, 7) is 1.75. The van der Waals surface area contributed by atoms with E-state index in [0.717, 1.165) is 0 Å². The predicted molar refractivity (Wildman–Crippen MR) is 50.1 cm³/mol. The minimum absolute atomic E-state index is 0.165. The minimum Gasteiger partial charge on any atom is -0.361 e. The quantitative estimate of drug-likeness (QED) is 0.585. The standard InChI is InChI=1S/C6H7ClF3IO2/c1-2-13-5(7)3(11)4(12)6(8,9)10/h3,5H,2H2,1H3. The van der Waals surface area contributed by atoms with Crippen LogP contribution in [0.1, 0.15) is 6.92 Å². The van der Waals surface area contributed by atoms with Crippen molar-refractivity contribution in [3.63, 3.8) is 0 Å². The highest BCUT2D eigenvalue weighted by Crippen LogP contribution is 2.25. The number of rotatable bonds is 4. The molecule has 7 heteroatoms. The molecule has 0 bridgehead atoms. The Balaban J connectivity index is 4.26. The van der Waals surface area contributed by atoms with Crippen LogP contribution in [-0.4, -0.2) is 28.1 Å². The van der Waals surface area contributed by atoms with Gasteiger partial charge in [-0.1, -0.05) is 34.2 Å². The highest BCUT2D eigenvalue weighted by Gasteiger charge is 2.45. The Kier molecular flexibility index (Phi) is 5.53. The van der Waals surface area contributed by atoms with Crippen LogP contribution < -0.4 is 0 Å². The number of carbonyl (C=O) groups excluding carboxylic acids is 1. The minimum atomic E-state index is -4.85. The van der Waals surface area contributed by atoms with Crippen LogP contribution in [0.15, 0.2) is 0 Å². The van der Waals surface area contributed by atoms with E-state index in [2.05, 4.69) is 4.74 Å². The lowest BCUT2D eigenvalue weighted by Gasteiger charge is -2.16. The molecule has 0 fully saturated rings. The zero-order valence-corrected chi connectivity index (χ0v) is 9.48. The van der Waals surface area contributed by atoms with E-state index in [4.69, 9.17) is 11.6 Å². The molecule has 13 heavy (non-hydrogen) atoms. The third kappa shape index (κ3) is 4.46. The maximum atomic E-state index is 11.8. The molecule has 0 spiro atoms. The Hall–Kier alpha value is 0.440. The highest BCUT2D eigenvalue weighted by molar-refractivity contribution is 14.1. The zero-order valence-electron chi connectivity index (χ0n) is 6.57. The molecular weight excluding hydrogens is 323 g/mol. The van der Waals surface area contributed by atoms with Crippen molar-refractivity contribution < 1.29 is 22.7 Å². The Morgan fingerprint density at radius 3 is 2.38 bits per heavy atom. The first kappa shape index (κ1) is 13.4. The van der Waals surface area contributed by atoms with Crippen molar-refractivity contribution in [2.24, 2.45) is 0 Å². The van der Waals surface area contributed by atoms with Gasteiger partial charge in [-0.3, -0.25) is 4.79 Å². The van der Waals surface area contributed by atoms with E-state index in [-0.39, 0.29) is 6.61 Å². The molecule has 0 aliphatic heterocycles. The Labute approximate surface area is 91.9 Å². The lowest BCUT2D eigenvalue weighted by molar-refractivity contribution is -0.171. The fraction of sp³-hybridized carbons (Fsp3) is 0.833. The van der Waals surface area contributed by atoms with Crippen molar-refractivity contribution >= 4 is 40.0 Å². The second-order valence-electron chi connectivity index (χ2n) is 2.07. The molecule has 0 aromatic rings. The maximum Gasteiger partial charge on any atom is 0.451 e. The lowest BCUT2D eigenvalue weighted by atomic mass is 10.3. The van der Waals surface area contributed by atoms with Gasteiger partial charge in [0.2, 0.25) is 0 Å². The lowest BCUT2D eigenvalue weighted by Crippen LogP contribution is -2.37. The summed E-state index contributed by atoms with van der Waals surface area (Å²) in [5, 5.41) is 0. The van der Waals surface area contributed by atoms with E-state index in [1.807, 2.05) is 0 Å². The van der Waals surface area contributed by atoms with Crippen molar-refractivity contribution in [2.75, 3.05) is 6.61 Å². The summed E-state index contributed by atoms with van der Waals surface area (Å²) >= 11 is 6.70. The molecule has 0 N–H and O–H groups in total. The molecule has 2 unspecified atom stereocenters. The maximum absolute atomic E-state index is 11.8. The molecule has 0 aliphatic carbocycles. The first-order valence-electron chi connectivity index (χ1n) is 3.31. The first-order valence-corrected chi connectivity index (χ1v) is 4.99. The normalized spacial score (nSPS) is 16.8. The molecule has 0 aromatic carbocycles. The Morgan fingerprint density at radius 1 is 1.62 bits per heavy atom. The second-order valence-corrected chi connectivity index (χ2v) is 3.84. The molecule has 0 radical (unpaired) electrons. The molecular formula is C6H7ClF3IO2. The van der Waals surface area contributed by atoms with Crippen LogP contribution in [-0.2, 0) is 9.53 Å². The average Bonchev–Trinajstić information content (AvgIpc) is 2.00. The number of alkyl halides is 5. The highest BCUT2D eigenvalue weighted by atomic mass is 127. The van der Waals surface area contributed by atoms with E-state index in [1.54, 1.807) is 6.92 Å². The Bertz CT molecular complexity index is 185. The SMILES string of the molecule is CCOC(Cl)C(I)C(=O)C(F)(F)F. The molecule has 78 valence electrons. The van der Waals surface area contributed by atoms with Gasteiger partial charge in [0.15, 0.2) is 0 Å². The summed E-state index contributed by atoms with van der Waals surface area (Å²) in [5.41, 5.74) is -1.24. The Morgan fingerprint density at radius 2 is 2.08 bits per heavy atom. The summed E-state index contributed by atoms with van der Waals surface area (Å²) in [6.07, 6.45) is -4.85. The fourth-order valence-electron chi connectivity index (χ4n) is 0.519. The van der Waals surface area contributed by atoms with Crippen LogP contribution >= 0.6 is 34.2 Å². The third-order valence-electron chi connectivity index (χ3n) is 1.09. The van der Waals surface area contributed by atoms with Gasteiger partial charge in [-0.25, -0.2) is 0 Å². The molecule has 2 atom stereocenters. The number of Topliss-reactive ketones (excluding diaryl/α,β-unsaturated/α-hetero) is 1. The third-order valence-corrected chi connectivity index (χ3v) is 3.11. The summed E-state index contributed by atoms with van der Waals surface area (Å²) in [6, 6.07) is 0. The van der Waals surface area contributed by atoms with Crippen molar-refractivity contribution in [1.82, 2.24) is 0 Å². The van der Waals surface area contributed by atoms with Gasteiger partial charge in [-0.15, -0.1) is 0 Å². The average molecular weight is 330 g/mol. The van der Waals surface area contributed by atoms with Crippen molar-refractivity contribution in [1.29, 1.82) is 0 Å². The van der Waals surface area contributed by atoms with Crippen LogP contribution in [0, 0.1) is 0 Å². The predicted octanol–water partition coefficient (Wildman–Crippen LogP) is 2.52. The summed E-state index contributed by atoms with van der Waals surface area (Å²) in [7, 11) is 0. The van der Waals surface area contributed by atoms with Crippen LogP contribution in [0.25, 0.3) is 0 Å². The van der Waals surface area contributed by atoms with Crippen LogP contribution in [0.3, 0.4) is 0 Å². The molecule has 0 aliphatic rings. The van der Waals surface area contributed by atoms with Crippen LogP contribution in [0.5, 0.6) is 0 Å². The van der Waals surface area contributed by atoms with Gasteiger partial charge in [-0.2, -0.15) is 13.2 Å². The molecule has 0 aromatic heterocycles. The number of hydrogen-bond donors (Lipinski definition) is 0. The molecule has 0 rings (SSSR count). The van der Waals surface area contributed by atoms with E-state index < -0.39 is 21.4 Å². The van der Waals surface area contributed by atoms with E-state index in [9.17, 15) is 18.0 Å². The van der Waals surface area contributed by atoms with Crippen LogP contribution in [0.4, 0.5) is 13.2 Å². The number of hydrogen-bond acceptors (Lipinski definition) is 2. The van der Waals surface area contributed by atoms with E-state index in [0.29, 0.717) is 0 Å². The summed E-state index contributed by atoms with van der Waals surface area (Å²) < 4.78 is 38.7. The van der Waals surface area contributed by atoms with Gasteiger partial charge in [0.1, 0.15) is 9.49 Å². The van der Waals surface area contributed by atoms with E-state index >= 15 is 0 Å². The fourth-order valence-corrected chi connectivity index (χ4v) is 1.32. The van der Waals surface area contributed by atoms with Gasteiger partial charge in [0.05, 0.1) is 0 Å². The largest absolute Gasteiger partial charge is 0.451 e. The first-order chi connectivity index (χ1) is 5.80. The smallest absolute Gasteiger partial charge is 0.361 e.